The summed E-state index contributed by atoms with van der Waals surface area (Å²) in [5, 5.41) is 8.35. The van der Waals surface area contributed by atoms with Gasteiger partial charge in [-0.05, 0) is 54.8 Å². The van der Waals surface area contributed by atoms with Gasteiger partial charge in [-0.2, -0.15) is 0 Å². The third kappa shape index (κ3) is 5.31. The average Bonchev–Trinajstić information content (AvgIpc) is 3.28. The number of sulfone groups is 1. The van der Waals surface area contributed by atoms with Crippen LogP contribution in [0.15, 0.2) is 60.9 Å². The smallest absolute Gasteiger partial charge is 0.168 e. The topological polar surface area (TPSA) is 82.8 Å². The van der Waals surface area contributed by atoms with Crippen molar-refractivity contribution in [2.45, 2.75) is 12.8 Å². The van der Waals surface area contributed by atoms with Gasteiger partial charge in [0, 0.05) is 23.1 Å². The number of fused-ring (bicyclic) bond motifs is 1. The van der Waals surface area contributed by atoms with Crippen molar-refractivity contribution in [3.05, 3.63) is 78.0 Å². The van der Waals surface area contributed by atoms with Crippen molar-refractivity contribution in [1.29, 1.82) is 0 Å². The van der Waals surface area contributed by atoms with E-state index in [2.05, 4.69) is 10.2 Å². The minimum Gasteiger partial charge on any atom is -0.496 e. The number of rotatable bonds is 9. The molecule has 2 heterocycles. The first-order chi connectivity index (χ1) is 15.9. The zero-order chi connectivity index (χ0) is 23.4. The van der Waals surface area contributed by atoms with Gasteiger partial charge >= 0.3 is 0 Å². The standard InChI is InChI=1S/C24H24FN3O4S/c1-31-23-5-3-4-22(25)21(23)13-9-18-8-12-20(24-27-26-16-28(18)24)17-6-10-19(11-7-17)32-14-15-33(2,29)30/h3-8,10-12,16H,9,13-15H2,1-2H3. The van der Waals surface area contributed by atoms with Crippen LogP contribution < -0.4 is 9.47 Å². The van der Waals surface area contributed by atoms with Crippen LogP contribution in [0.25, 0.3) is 16.8 Å². The lowest BCUT2D eigenvalue weighted by Crippen LogP contribution is -2.11. The maximum absolute atomic E-state index is 14.3. The van der Waals surface area contributed by atoms with Crippen molar-refractivity contribution >= 4 is 15.5 Å². The Morgan fingerprint density at radius 2 is 1.82 bits per heavy atom. The molecule has 0 spiro atoms. The first-order valence-electron chi connectivity index (χ1n) is 10.4. The van der Waals surface area contributed by atoms with Gasteiger partial charge in [0.1, 0.15) is 30.3 Å². The molecule has 0 unspecified atom stereocenters. The van der Waals surface area contributed by atoms with Crippen LogP contribution in [0.4, 0.5) is 4.39 Å². The van der Waals surface area contributed by atoms with E-state index in [0.29, 0.717) is 35.6 Å². The lowest BCUT2D eigenvalue weighted by molar-refractivity contribution is 0.341. The second-order valence-electron chi connectivity index (χ2n) is 7.69. The summed E-state index contributed by atoms with van der Waals surface area (Å²) in [6, 6.07) is 16.1. The van der Waals surface area contributed by atoms with Gasteiger partial charge in [0.2, 0.25) is 0 Å². The number of aryl methyl sites for hydroxylation is 1. The van der Waals surface area contributed by atoms with Gasteiger partial charge in [-0.1, -0.05) is 18.2 Å². The molecule has 0 amide bonds. The molecule has 0 aliphatic carbocycles. The maximum Gasteiger partial charge on any atom is 0.168 e. The quantitative estimate of drug-likeness (QED) is 0.371. The van der Waals surface area contributed by atoms with E-state index < -0.39 is 9.84 Å². The molecule has 0 aliphatic rings. The van der Waals surface area contributed by atoms with Gasteiger partial charge in [-0.25, -0.2) is 12.8 Å². The molecule has 4 aromatic rings. The number of pyridine rings is 1. The fraction of sp³-hybridized carbons (Fsp3) is 0.250. The Morgan fingerprint density at radius 3 is 2.55 bits per heavy atom. The summed E-state index contributed by atoms with van der Waals surface area (Å²) in [6.07, 6.45) is 3.89. The predicted molar refractivity (Wildman–Crippen MR) is 124 cm³/mol. The monoisotopic (exact) mass is 469 g/mol. The van der Waals surface area contributed by atoms with Crippen LogP contribution in [-0.4, -0.2) is 48.7 Å². The van der Waals surface area contributed by atoms with Crippen LogP contribution in [0.5, 0.6) is 11.5 Å². The molecule has 7 nitrogen and oxygen atoms in total. The fourth-order valence-corrected chi connectivity index (χ4v) is 4.05. The Balaban J connectivity index is 1.53. The van der Waals surface area contributed by atoms with Gasteiger partial charge in [0.15, 0.2) is 15.5 Å². The van der Waals surface area contributed by atoms with Crippen molar-refractivity contribution in [1.82, 2.24) is 14.6 Å². The number of benzene rings is 2. The van der Waals surface area contributed by atoms with E-state index in [1.54, 1.807) is 30.6 Å². The van der Waals surface area contributed by atoms with E-state index in [1.165, 1.54) is 19.4 Å². The van der Waals surface area contributed by atoms with Crippen LogP contribution in [0.1, 0.15) is 11.3 Å². The summed E-state index contributed by atoms with van der Waals surface area (Å²) in [5.74, 6) is 0.806. The molecule has 0 bridgehead atoms. The highest BCUT2D eigenvalue weighted by Gasteiger charge is 2.13. The molecular weight excluding hydrogens is 445 g/mol. The Kier molecular flexibility index (Phi) is 6.60. The highest BCUT2D eigenvalue weighted by atomic mass is 32.2. The maximum atomic E-state index is 14.3. The predicted octanol–water partition coefficient (Wildman–Crippen LogP) is 3.75. The van der Waals surface area contributed by atoms with Crippen molar-refractivity contribution in [2.75, 3.05) is 25.7 Å². The minimum atomic E-state index is -3.07. The summed E-state index contributed by atoms with van der Waals surface area (Å²) >= 11 is 0. The lowest BCUT2D eigenvalue weighted by Gasteiger charge is -2.12. The van der Waals surface area contributed by atoms with E-state index >= 15 is 0 Å². The first kappa shape index (κ1) is 22.7. The van der Waals surface area contributed by atoms with Gasteiger partial charge in [-0.3, -0.25) is 4.40 Å². The van der Waals surface area contributed by atoms with Gasteiger partial charge in [0.25, 0.3) is 0 Å². The summed E-state index contributed by atoms with van der Waals surface area (Å²) < 4.78 is 49.5. The highest BCUT2D eigenvalue weighted by molar-refractivity contribution is 7.90. The van der Waals surface area contributed by atoms with Crippen LogP contribution in [-0.2, 0) is 22.7 Å². The SMILES string of the molecule is COc1cccc(F)c1CCc1ccc(-c2ccc(OCCS(C)(=O)=O)cc2)c2nncn12. The molecule has 172 valence electrons. The number of hydrogen-bond acceptors (Lipinski definition) is 6. The molecule has 2 aromatic heterocycles. The van der Waals surface area contributed by atoms with Crippen molar-refractivity contribution in [3.63, 3.8) is 0 Å². The van der Waals surface area contributed by atoms with Gasteiger partial charge in [0.05, 0.1) is 12.9 Å². The minimum absolute atomic E-state index is 0.0324. The zero-order valence-electron chi connectivity index (χ0n) is 18.4. The number of halogens is 1. The summed E-state index contributed by atoms with van der Waals surface area (Å²) in [7, 11) is -1.53. The zero-order valence-corrected chi connectivity index (χ0v) is 19.2. The normalized spacial score (nSPS) is 11.6. The number of aromatic nitrogens is 3. The molecule has 0 fully saturated rings. The molecule has 0 aliphatic heterocycles. The Labute approximate surface area is 191 Å². The van der Waals surface area contributed by atoms with E-state index in [-0.39, 0.29) is 18.2 Å². The molecule has 2 aromatic carbocycles. The Morgan fingerprint density at radius 1 is 1.03 bits per heavy atom. The van der Waals surface area contributed by atoms with Crippen LogP contribution >= 0.6 is 0 Å². The van der Waals surface area contributed by atoms with Crippen molar-refractivity contribution < 1.29 is 22.3 Å². The second-order valence-corrected chi connectivity index (χ2v) is 9.95. The third-order valence-electron chi connectivity index (χ3n) is 5.36. The first-order valence-corrected chi connectivity index (χ1v) is 12.5. The van der Waals surface area contributed by atoms with Crippen molar-refractivity contribution in [3.8, 4) is 22.6 Å². The number of methoxy groups -OCH3 is 1. The van der Waals surface area contributed by atoms with Gasteiger partial charge < -0.3 is 9.47 Å². The molecular formula is C24H24FN3O4S. The van der Waals surface area contributed by atoms with Crippen molar-refractivity contribution in [2.24, 2.45) is 0 Å². The molecule has 33 heavy (non-hydrogen) atoms. The fourth-order valence-electron chi connectivity index (χ4n) is 3.66. The molecule has 9 heteroatoms. The second kappa shape index (κ2) is 9.58. The molecule has 4 rings (SSSR count). The summed E-state index contributed by atoms with van der Waals surface area (Å²) in [4.78, 5) is 0. The summed E-state index contributed by atoms with van der Waals surface area (Å²) in [6.45, 7) is 0.105. The average molecular weight is 470 g/mol. The van der Waals surface area contributed by atoms with E-state index in [9.17, 15) is 12.8 Å². The molecule has 0 saturated carbocycles. The van der Waals surface area contributed by atoms with Crippen LogP contribution in [0, 0.1) is 5.82 Å². The molecule has 0 saturated heterocycles. The number of nitrogens with zero attached hydrogens (tertiary/aromatic N) is 3. The Hall–Kier alpha value is -3.46. The Bertz CT molecular complexity index is 1370. The lowest BCUT2D eigenvalue weighted by atomic mass is 10.0. The van der Waals surface area contributed by atoms with E-state index in [1.807, 2.05) is 28.7 Å². The molecule has 0 radical (unpaired) electrons. The summed E-state index contributed by atoms with van der Waals surface area (Å²) in [5.41, 5.74) is 3.99. The van der Waals surface area contributed by atoms with E-state index in [0.717, 1.165) is 16.8 Å². The number of ether oxygens (including phenoxy) is 2. The number of hydrogen-bond donors (Lipinski definition) is 0. The third-order valence-corrected chi connectivity index (χ3v) is 6.26. The molecule has 0 atom stereocenters. The van der Waals surface area contributed by atoms with Crippen LogP contribution in [0.2, 0.25) is 0 Å². The largest absolute Gasteiger partial charge is 0.496 e. The van der Waals surface area contributed by atoms with Gasteiger partial charge in [-0.15, -0.1) is 10.2 Å². The van der Waals surface area contributed by atoms with E-state index in [4.69, 9.17) is 9.47 Å². The molecule has 0 N–H and O–H groups in total. The van der Waals surface area contributed by atoms with Crippen LogP contribution in [0.3, 0.4) is 0 Å². The highest BCUT2D eigenvalue weighted by Crippen LogP contribution is 2.28.